The Balaban J connectivity index is 2.23. The molecule has 94 valence electrons. The maximum absolute atomic E-state index is 12.8. The first-order valence-corrected chi connectivity index (χ1v) is 5.21. The number of hydrogen-bond acceptors (Lipinski definition) is 3. The SMILES string of the molecule is Cn1nc(OCC(=O)O)cc1-c1ccc(F)cc1. The van der Waals surface area contributed by atoms with E-state index in [1.165, 1.54) is 12.1 Å². The monoisotopic (exact) mass is 250 g/mol. The van der Waals surface area contributed by atoms with Crippen LogP contribution in [-0.4, -0.2) is 27.5 Å². The van der Waals surface area contributed by atoms with Gasteiger partial charge in [-0.3, -0.25) is 4.68 Å². The van der Waals surface area contributed by atoms with Crippen molar-refractivity contribution in [1.29, 1.82) is 0 Å². The number of ether oxygens (including phenoxy) is 1. The fourth-order valence-corrected chi connectivity index (χ4v) is 1.54. The standard InChI is InChI=1S/C12H11FN2O3/c1-15-10(8-2-4-9(13)5-3-8)6-11(14-15)18-7-12(16)17/h2-6H,7H2,1H3,(H,16,17). The number of halogens is 1. The van der Waals surface area contributed by atoms with E-state index >= 15 is 0 Å². The normalized spacial score (nSPS) is 10.3. The smallest absolute Gasteiger partial charge is 0.341 e. The van der Waals surface area contributed by atoms with Crippen LogP contribution in [0.1, 0.15) is 0 Å². The summed E-state index contributed by atoms with van der Waals surface area (Å²) in [5.74, 6) is -1.16. The largest absolute Gasteiger partial charge is 0.479 e. The molecule has 0 saturated heterocycles. The van der Waals surface area contributed by atoms with Crippen LogP contribution in [0.25, 0.3) is 11.3 Å². The minimum absolute atomic E-state index is 0.222. The Morgan fingerprint density at radius 3 is 2.72 bits per heavy atom. The van der Waals surface area contributed by atoms with Crippen LogP contribution < -0.4 is 4.74 Å². The molecule has 2 rings (SSSR count). The van der Waals surface area contributed by atoms with E-state index in [4.69, 9.17) is 9.84 Å². The molecule has 0 bridgehead atoms. The Labute approximate surface area is 102 Å². The van der Waals surface area contributed by atoms with Crippen LogP contribution in [-0.2, 0) is 11.8 Å². The van der Waals surface area contributed by atoms with E-state index in [9.17, 15) is 9.18 Å². The zero-order chi connectivity index (χ0) is 13.1. The van der Waals surface area contributed by atoms with Crippen molar-refractivity contribution in [3.63, 3.8) is 0 Å². The predicted molar refractivity (Wildman–Crippen MR) is 61.7 cm³/mol. The van der Waals surface area contributed by atoms with Gasteiger partial charge < -0.3 is 9.84 Å². The van der Waals surface area contributed by atoms with Crippen LogP contribution >= 0.6 is 0 Å². The molecular weight excluding hydrogens is 239 g/mol. The van der Waals surface area contributed by atoms with Gasteiger partial charge in [-0.15, -0.1) is 5.10 Å². The topological polar surface area (TPSA) is 64.4 Å². The van der Waals surface area contributed by atoms with Crippen molar-refractivity contribution in [3.8, 4) is 17.1 Å². The lowest BCUT2D eigenvalue weighted by atomic mass is 10.1. The summed E-state index contributed by atoms with van der Waals surface area (Å²) in [7, 11) is 1.70. The Bertz CT molecular complexity index is 563. The summed E-state index contributed by atoms with van der Waals surface area (Å²) in [4.78, 5) is 10.4. The minimum Gasteiger partial charge on any atom is -0.479 e. The molecule has 0 aliphatic heterocycles. The van der Waals surface area contributed by atoms with Crippen LogP contribution in [0.4, 0.5) is 4.39 Å². The average molecular weight is 250 g/mol. The zero-order valence-electron chi connectivity index (χ0n) is 9.63. The zero-order valence-corrected chi connectivity index (χ0v) is 9.63. The molecule has 0 aliphatic carbocycles. The molecule has 0 saturated carbocycles. The van der Waals surface area contributed by atoms with Crippen LogP contribution in [0.3, 0.4) is 0 Å². The molecule has 1 aromatic heterocycles. The molecule has 0 amide bonds. The third-order valence-corrected chi connectivity index (χ3v) is 2.34. The number of aliphatic carboxylic acids is 1. The average Bonchev–Trinajstić information content (AvgIpc) is 2.69. The highest BCUT2D eigenvalue weighted by Gasteiger charge is 2.09. The quantitative estimate of drug-likeness (QED) is 0.896. The van der Waals surface area contributed by atoms with Gasteiger partial charge in [0, 0.05) is 18.7 Å². The van der Waals surface area contributed by atoms with Gasteiger partial charge in [0.05, 0.1) is 5.69 Å². The summed E-state index contributed by atoms with van der Waals surface area (Å²) in [5.41, 5.74) is 1.49. The van der Waals surface area contributed by atoms with Gasteiger partial charge in [-0.05, 0) is 24.3 Å². The third-order valence-electron chi connectivity index (χ3n) is 2.34. The Morgan fingerprint density at radius 1 is 1.44 bits per heavy atom. The molecule has 5 nitrogen and oxygen atoms in total. The van der Waals surface area contributed by atoms with Gasteiger partial charge in [0.15, 0.2) is 6.61 Å². The van der Waals surface area contributed by atoms with Gasteiger partial charge in [-0.2, -0.15) is 0 Å². The molecule has 6 heteroatoms. The molecule has 2 aromatic rings. The van der Waals surface area contributed by atoms with Gasteiger partial charge in [0.1, 0.15) is 5.82 Å². The number of carboxylic acid groups (broad SMARTS) is 1. The Morgan fingerprint density at radius 2 is 2.11 bits per heavy atom. The van der Waals surface area contributed by atoms with E-state index in [2.05, 4.69) is 5.10 Å². The third kappa shape index (κ3) is 2.65. The number of nitrogens with zero attached hydrogens (tertiary/aromatic N) is 2. The lowest BCUT2D eigenvalue weighted by Gasteiger charge is -2.00. The highest BCUT2D eigenvalue weighted by molar-refractivity contribution is 5.68. The van der Waals surface area contributed by atoms with Crippen molar-refractivity contribution in [1.82, 2.24) is 9.78 Å². The molecule has 1 heterocycles. The molecule has 0 spiro atoms. The van der Waals surface area contributed by atoms with Crippen molar-refractivity contribution in [2.75, 3.05) is 6.61 Å². The predicted octanol–water partition coefficient (Wildman–Crippen LogP) is 1.69. The first kappa shape index (κ1) is 12.1. The maximum Gasteiger partial charge on any atom is 0.341 e. The molecule has 0 aliphatic rings. The summed E-state index contributed by atoms with van der Waals surface area (Å²) in [5, 5.41) is 12.5. The van der Waals surface area contributed by atoms with Crippen molar-refractivity contribution < 1.29 is 19.0 Å². The van der Waals surface area contributed by atoms with Crippen LogP contribution in [0.15, 0.2) is 30.3 Å². The van der Waals surface area contributed by atoms with Crippen molar-refractivity contribution in [2.45, 2.75) is 0 Å². The van der Waals surface area contributed by atoms with Crippen molar-refractivity contribution in [3.05, 3.63) is 36.1 Å². The van der Waals surface area contributed by atoms with Crippen LogP contribution in [0.5, 0.6) is 5.88 Å². The van der Waals surface area contributed by atoms with Gasteiger partial charge in [0.25, 0.3) is 0 Å². The second kappa shape index (κ2) is 4.87. The number of carboxylic acids is 1. The maximum atomic E-state index is 12.8. The fraction of sp³-hybridized carbons (Fsp3) is 0.167. The van der Waals surface area contributed by atoms with Gasteiger partial charge >= 0.3 is 5.97 Å². The van der Waals surface area contributed by atoms with Crippen molar-refractivity contribution in [2.24, 2.45) is 7.05 Å². The fourth-order valence-electron chi connectivity index (χ4n) is 1.54. The number of aromatic nitrogens is 2. The number of hydrogen-bond donors (Lipinski definition) is 1. The summed E-state index contributed by atoms with van der Waals surface area (Å²) >= 11 is 0. The summed E-state index contributed by atoms with van der Waals surface area (Å²) in [6.07, 6.45) is 0. The van der Waals surface area contributed by atoms with Crippen LogP contribution in [0.2, 0.25) is 0 Å². The first-order chi connectivity index (χ1) is 8.56. The van der Waals surface area contributed by atoms with Crippen LogP contribution in [0, 0.1) is 5.82 Å². The number of benzene rings is 1. The first-order valence-electron chi connectivity index (χ1n) is 5.21. The van der Waals surface area contributed by atoms with E-state index < -0.39 is 12.6 Å². The number of aryl methyl sites for hydroxylation is 1. The molecule has 1 N–H and O–H groups in total. The summed E-state index contributed by atoms with van der Waals surface area (Å²) < 4.78 is 19.3. The molecular formula is C12H11FN2O3. The van der Waals surface area contributed by atoms with E-state index in [0.717, 1.165) is 11.3 Å². The van der Waals surface area contributed by atoms with E-state index in [1.54, 1.807) is 29.9 Å². The second-order valence-corrected chi connectivity index (χ2v) is 3.68. The Kier molecular flexibility index (Phi) is 3.27. The van der Waals surface area contributed by atoms with E-state index in [-0.39, 0.29) is 11.7 Å². The summed E-state index contributed by atoms with van der Waals surface area (Å²) in [6, 6.07) is 7.54. The minimum atomic E-state index is -1.07. The molecule has 0 atom stereocenters. The van der Waals surface area contributed by atoms with Gasteiger partial charge in [-0.25, -0.2) is 9.18 Å². The van der Waals surface area contributed by atoms with Gasteiger partial charge in [0.2, 0.25) is 5.88 Å². The van der Waals surface area contributed by atoms with E-state index in [1.807, 2.05) is 0 Å². The highest BCUT2D eigenvalue weighted by atomic mass is 19.1. The highest BCUT2D eigenvalue weighted by Crippen LogP contribution is 2.23. The second-order valence-electron chi connectivity index (χ2n) is 3.68. The molecule has 0 radical (unpaired) electrons. The molecule has 0 unspecified atom stereocenters. The molecule has 0 fully saturated rings. The number of carbonyl (C=O) groups is 1. The van der Waals surface area contributed by atoms with Gasteiger partial charge in [-0.1, -0.05) is 0 Å². The number of rotatable bonds is 4. The van der Waals surface area contributed by atoms with E-state index in [0.29, 0.717) is 0 Å². The summed E-state index contributed by atoms with van der Waals surface area (Å²) in [6.45, 7) is -0.445. The lowest BCUT2D eigenvalue weighted by molar-refractivity contribution is -0.139. The lowest BCUT2D eigenvalue weighted by Crippen LogP contribution is -2.09. The van der Waals surface area contributed by atoms with Crippen molar-refractivity contribution >= 4 is 5.97 Å². The molecule has 1 aromatic carbocycles. The Hall–Kier alpha value is -2.37. The molecule has 18 heavy (non-hydrogen) atoms.